The molecule has 1 fully saturated rings. The van der Waals surface area contributed by atoms with Crippen molar-refractivity contribution < 1.29 is 14.1 Å². The van der Waals surface area contributed by atoms with Crippen LogP contribution < -0.4 is 0 Å². The van der Waals surface area contributed by atoms with E-state index in [-0.39, 0.29) is 11.8 Å². The van der Waals surface area contributed by atoms with Crippen molar-refractivity contribution >= 4 is 23.6 Å². The number of aromatic nitrogens is 1. The van der Waals surface area contributed by atoms with Gasteiger partial charge in [0.25, 0.3) is 0 Å². The lowest BCUT2D eigenvalue weighted by molar-refractivity contribution is -0.147. The van der Waals surface area contributed by atoms with E-state index in [0.717, 1.165) is 5.76 Å². The Hall–Kier alpha value is -1.50. The van der Waals surface area contributed by atoms with Crippen molar-refractivity contribution in [1.82, 2.24) is 15.0 Å². The Balaban J connectivity index is 2.05. The van der Waals surface area contributed by atoms with Crippen LogP contribution in [0.5, 0.6) is 0 Å². The lowest BCUT2D eigenvalue weighted by atomic mass is 9.94. The Labute approximate surface area is 135 Å². The number of aryl methyl sites for hydroxylation is 1. The second-order valence-corrected chi connectivity index (χ2v) is 7.66. The third-order valence-electron chi connectivity index (χ3n) is 3.52. The van der Waals surface area contributed by atoms with Crippen LogP contribution >= 0.6 is 11.8 Å². The molecule has 122 valence electrons. The summed E-state index contributed by atoms with van der Waals surface area (Å²) in [6.07, 6.45) is 0. The quantitative estimate of drug-likeness (QED) is 0.849. The molecule has 0 aliphatic carbocycles. The number of likely N-dealkylation sites (N-methyl/N-ethyl adjacent to an activating group) is 1. The van der Waals surface area contributed by atoms with Crippen molar-refractivity contribution in [2.45, 2.75) is 40.3 Å². The maximum Gasteiger partial charge on any atom is 0.246 e. The second-order valence-electron chi connectivity index (χ2n) is 6.66. The van der Waals surface area contributed by atoms with E-state index in [0.29, 0.717) is 23.9 Å². The first-order valence-corrected chi connectivity index (χ1v) is 8.41. The first kappa shape index (κ1) is 16.9. The van der Waals surface area contributed by atoms with Crippen LogP contribution in [0.15, 0.2) is 10.6 Å². The fourth-order valence-electron chi connectivity index (χ4n) is 2.35. The third kappa shape index (κ3) is 3.63. The molecule has 1 aromatic rings. The van der Waals surface area contributed by atoms with E-state index in [4.69, 9.17) is 4.52 Å². The number of thioether (sulfide) groups is 1. The van der Waals surface area contributed by atoms with Gasteiger partial charge in [-0.05, 0) is 6.92 Å². The van der Waals surface area contributed by atoms with E-state index < -0.39 is 11.5 Å². The summed E-state index contributed by atoms with van der Waals surface area (Å²) in [5, 5.41) is 3.90. The molecule has 0 radical (unpaired) electrons. The first-order chi connectivity index (χ1) is 10.2. The fourth-order valence-corrected chi connectivity index (χ4v) is 3.49. The van der Waals surface area contributed by atoms with Gasteiger partial charge >= 0.3 is 0 Å². The lowest BCUT2D eigenvalue weighted by Crippen LogP contribution is -2.50. The standard InChI is InChI=1S/C15H23N3O3S/c1-10-6-11(16-21-10)7-17(5)13(19)12-8-22-9-18(12)14(20)15(2,3)4/h6,12H,7-9H2,1-5H3/t12-/m1/s1. The van der Waals surface area contributed by atoms with Crippen LogP contribution in [0.4, 0.5) is 0 Å². The summed E-state index contributed by atoms with van der Waals surface area (Å²) in [4.78, 5) is 28.4. The molecule has 0 bridgehead atoms. The van der Waals surface area contributed by atoms with E-state index >= 15 is 0 Å². The zero-order chi connectivity index (χ0) is 16.5. The summed E-state index contributed by atoms with van der Waals surface area (Å²) in [7, 11) is 1.73. The first-order valence-electron chi connectivity index (χ1n) is 7.26. The van der Waals surface area contributed by atoms with Gasteiger partial charge < -0.3 is 14.3 Å². The summed E-state index contributed by atoms with van der Waals surface area (Å²) in [6.45, 7) is 7.83. The molecule has 2 rings (SSSR count). The van der Waals surface area contributed by atoms with Crippen LogP contribution in [-0.2, 0) is 16.1 Å². The smallest absolute Gasteiger partial charge is 0.246 e. The molecule has 2 amide bonds. The van der Waals surface area contributed by atoms with Crippen LogP contribution in [0.1, 0.15) is 32.2 Å². The van der Waals surface area contributed by atoms with Crippen molar-refractivity contribution in [3.8, 4) is 0 Å². The summed E-state index contributed by atoms with van der Waals surface area (Å²) in [5.41, 5.74) is 0.235. The summed E-state index contributed by atoms with van der Waals surface area (Å²) in [6, 6.07) is 1.42. The largest absolute Gasteiger partial charge is 0.361 e. The third-order valence-corrected chi connectivity index (χ3v) is 4.53. The highest BCUT2D eigenvalue weighted by Crippen LogP contribution is 2.28. The minimum absolute atomic E-state index is 0.0153. The number of amides is 2. The van der Waals surface area contributed by atoms with Gasteiger partial charge in [-0.25, -0.2) is 0 Å². The predicted molar refractivity (Wildman–Crippen MR) is 85.1 cm³/mol. The molecule has 6 nitrogen and oxygen atoms in total. The molecule has 2 heterocycles. The van der Waals surface area contributed by atoms with Crippen LogP contribution in [0.2, 0.25) is 0 Å². The predicted octanol–water partition coefficient (Wildman–Crippen LogP) is 1.89. The molecular weight excluding hydrogens is 302 g/mol. The Morgan fingerprint density at radius 3 is 2.73 bits per heavy atom. The van der Waals surface area contributed by atoms with Crippen LogP contribution in [0.3, 0.4) is 0 Å². The van der Waals surface area contributed by atoms with E-state index in [1.54, 1.807) is 28.6 Å². The van der Waals surface area contributed by atoms with Gasteiger partial charge in [0.1, 0.15) is 17.5 Å². The maximum atomic E-state index is 12.7. The minimum Gasteiger partial charge on any atom is -0.361 e. The number of rotatable bonds is 3. The molecule has 1 aliphatic rings. The van der Waals surface area contributed by atoms with E-state index in [1.807, 2.05) is 33.8 Å². The van der Waals surface area contributed by atoms with Crippen molar-refractivity contribution in [3.05, 3.63) is 17.5 Å². The van der Waals surface area contributed by atoms with Gasteiger partial charge in [0, 0.05) is 24.3 Å². The average Bonchev–Trinajstić information content (AvgIpc) is 3.04. The summed E-state index contributed by atoms with van der Waals surface area (Å²) >= 11 is 1.61. The molecule has 7 heteroatoms. The molecular formula is C15H23N3O3S. The Kier molecular flexibility index (Phi) is 4.84. The number of carbonyl (C=O) groups excluding carboxylic acids is 2. The molecule has 0 unspecified atom stereocenters. The Morgan fingerprint density at radius 1 is 1.50 bits per heavy atom. The molecule has 0 aromatic carbocycles. The molecule has 1 aromatic heterocycles. The minimum atomic E-state index is -0.481. The molecule has 1 saturated heterocycles. The average molecular weight is 325 g/mol. The molecule has 0 spiro atoms. The Morgan fingerprint density at radius 2 is 2.18 bits per heavy atom. The molecule has 1 atom stereocenters. The SMILES string of the molecule is Cc1cc(CN(C)C(=O)[C@H]2CSCN2C(=O)C(C)(C)C)no1. The van der Waals surface area contributed by atoms with Crippen molar-refractivity contribution in [3.63, 3.8) is 0 Å². The van der Waals surface area contributed by atoms with Gasteiger partial charge in [-0.2, -0.15) is 0 Å². The van der Waals surface area contributed by atoms with Gasteiger partial charge in [0.2, 0.25) is 11.8 Å². The van der Waals surface area contributed by atoms with Crippen molar-refractivity contribution in [1.29, 1.82) is 0 Å². The number of hydrogen-bond donors (Lipinski definition) is 0. The zero-order valence-corrected chi connectivity index (χ0v) is 14.6. The topological polar surface area (TPSA) is 66.7 Å². The number of hydrogen-bond acceptors (Lipinski definition) is 5. The van der Waals surface area contributed by atoms with Gasteiger partial charge in [0.15, 0.2) is 0 Å². The normalized spacial score (nSPS) is 18.6. The highest BCUT2D eigenvalue weighted by molar-refractivity contribution is 7.99. The Bertz CT molecular complexity index is 565. The van der Waals surface area contributed by atoms with Crippen molar-refractivity contribution in [2.75, 3.05) is 18.7 Å². The molecule has 22 heavy (non-hydrogen) atoms. The van der Waals surface area contributed by atoms with Gasteiger partial charge in [-0.3, -0.25) is 9.59 Å². The van der Waals surface area contributed by atoms with Gasteiger partial charge in [-0.15, -0.1) is 11.8 Å². The summed E-state index contributed by atoms with van der Waals surface area (Å²) < 4.78 is 5.02. The zero-order valence-electron chi connectivity index (χ0n) is 13.8. The van der Waals surface area contributed by atoms with Crippen LogP contribution in [-0.4, -0.2) is 51.5 Å². The molecule has 0 N–H and O–H groups in total. The van der Waals surface area contributed by atoms with E-state index in [9.17, 15) is 9.59 Å². The maximum absolute atomic E-state index is 12.7. The fraction of sp³-hybridized carbons (Fsp3) is 0.667. The van der Waals surface area contributed by atoms with Crippen LogP contribution in [0, 0.1) is 12.3 Å². The molecule has 0 saturated carbocycles. The monoisotopic (exact) mass is 325 g/mol. The highest BCUT2D eigenvalue weighted by atomic mass is 32.2. The van der Waals surface area contributed by atoms with Gasteiger partial charge in [0.05, 0.1) is 12.4 Å². The van der Waals surface area contributed by atoms with Crippen molar-refractivity contribution in [2.24, 2.45) is 5.41 Å². The summed E-state index contributed by atoms with van der Waals surface area (Å²) in [5.74, 6) is 1.90. The lowest BCUT2D eigenvalue weighted by Gasteiger charge is -2.31. The molecule has 1 aliphatic heterocycles. The number of nitrogens with zero attached hydrogens (tertiary/aromatic N) is 3. The second kappa shape index (κ2) is 6.32. The van der Waals surface area contributed by atoms with E-state index in [2.05, 4.69) is 5.16 Å². The van der Waals surface area contributed by atoms with Gasteiger partial charge in [-0.1, -0.05) is 25.9 Å². The highest BCUT2D eigenvalue weighted by Gasteiger charge is 2.40. The number of carbonyl (C=O) groups is 2. The van der Waals surface area contributed by atoms with E-state index in [1.165, 1.54) is 0 Å². The van der Waals surface area contributed by atoms with Crippen LogP contribution in [0.25, 0.3) is 0 Å².